The molecule has 5 rings (SSSR count). The molecule has 10 nitrogen and oxygen atoms in total. The highest BCUT2D eigenvalue weighted by molar-refractivity contribution is 6.01. The second kappa shape index (κ2) is 8.79. The van der Waals surface area contributed by atoms with Gasteiger partial charge in [0.05, 0.1) is 26.9 Å². The van der Waals surface area contributed by atoms with Gasteiger partial charge in [0.2, 0.25) is 11.7 Å². The Bertz CT molecular complexity index is 1340. The number of carbonyl (C=O) groups excluding carboxylic acids is 1. The van der Waals surface area contributed by atoms with Crippen molar-refractivity contribution in [1.29, 1.82) is 0 Å². The molecular weight excluding hydrogens is 452 g/mol. The van der Waals surface area contributed by atoms with Crippen LogP contribution in [0.4, 0.5) is 5.95 Å². The third-order valence-corrected chi connectivity index (χ3v) is 6.51. The van der Waals surface area contributed by atoms with Gasteiger partial charge in [-0.15, -0.1) is 0 Å². The van der Waals surface area contributed by atoms with Crippen molar-refractivity contribution in [2.75, 3.05) is 26.6 Å². The Balaban J connectivity index is 1.61. The van der Waals surface area contributed by atoms with Crippen LogP contribution in [0.3, 0.4) is 0 Å². The number of nitrogens with one attached hydrogen (secondary N) is 1. The number of ether oxygens (including phenoxy) is 3. The van der Waals surface area contributed by atoms with Crippen LogP contribution < -0.4 is 19.5 Å². The predicted octanol–water partition coefficient (Wildman–Crippen LogP) is 3.42. The number of aromatic nitrogens is 3. The number of carboxylic acid groups (broad SMARTS) is 1. The van der Waals surface area contributed by atoms with E-state index in [4.69, 9.17) is 14.2 Å². The van der Waals surface area contributed by atoms with Crippen molar-refractivity contribution in [3.63, 3.8) is 0 Å². The Hall–Kier alpha value is -4.34. The highest BCUT2D eigenvalue weighted by Gasteiger charge is 2.40. The highest BCUT2D eigenvalue weighted by atomic mass is 16.5. The Morgan fingerprint density at radius 2 is 1.80 bits per heavy atom. The summed E-state index contributed by atoms with van der Waals surface area (Å²) in [7, 11) is 4.64. The maximum Gasteiger partial charge on any atom is 0.336 e. The standard InChI is InChI=1S/C25H24N4O6/c1-33-19-10-14(11-20(34-2)23(19)35-3)13-8-17-21(18(30)9-13)22(29-25(28-17)26-12-27-29)15-6-4-5-7-16(15)24(31)32/h4-7,10-13,22H,8-9H2,1-3H3,(H,31,32)(H,26,27,28). The molecule has 2 unspecified atom stereocenters. The minimum atomic E-state index is -1.07. The number of aromatic carboxylic acids is 1. The van der Waals surface area contributed by atoms with Gasteiger partial charge in [0.1, 0.15) is 12.4 Å². The van der Waals surface area contributed by atoms with Gasteiger partial charge in [-0.1, -0.05) is 18.2 Å². The summed E-state index contributed by atoms with van der Waals surface area (Å²) in [5, 5.41) is 17.3. The molecule has 2 atom stereocenters. The number of allylic oxidation sites excluding steroid dienone is 2. The molecule has 180 valence electrons. The van der Waals surface area contributed by atoms with Crippen LogP contribution in [0.1, 0.15) is 46.3 Å². The molecule has 1 aliphatic heterocycles. The van der Waals surface area contributed by atoms with E-state index in [9.17, 15) is 14.7 Å². The molecule has 1 aliphatic carbocycles. The van der Waals surface area contributed by atoms with Gasteiger partial charge >= 0.3 is 5.97 Å². The van der Waals surface area contributed by atoms with E-state index in [1.54, 1.807) is 44.2 Å². The molecular formula is C25H24N4O6. The number of hydrogen-bond donors (Lipinski definition) is 2. The maximum atomic E-state index is 13.6. The lowest BCUT2D eigenvalue weighted by Gasteiger charge is -2.35. The summed E-state index contributed by atoms with van der Waals surface area (Å²) in [5.74, 6) is 0.636. The summed E-state index contributed by atoms with van der Waals surface area (Å²) in [4.78, 5) is 29.9. The van der Waals surface area contributed by atoms with Gasteiger partial charge in [0.15, 0.2) is 17.3 Å². The normalized spacial score (nSPS) is 18.9. The average molecular weight is 476 g/mol. The number of carboxylic acids is 1. The zero-order chi connectivity index (χ0) is 24.7. The van der Waals surface area contributed by atoms with Crippen molar-refractivity contribution in [3.8, 4) is 17.2 Å². The molecule has 0 saturated carbocycles. The summed E-state index contributed by atoms with van der Waals surface area (Å²) >= 11 is 0. The number of hydrogen-bond acceptors (Lipinski definition) is 8. The number of rotatable bonds is 6. The molecule has 3 aromatic rings. The molecule has 0 fully saturated rings. The van der Waals surface area contributed by atoms with Crippen LogP contribution in [-0.4, -0.2) is 53.0 Å². The van der Waals surface area contributed by atoms with Gasteiger partial charge in [0, 0.05) is 17.7 Å². The van der Waals surface area contributed by atoms with E-state index >= 15 is 0 Å². The average Bonchev–Trinajstić information content (AvgIpc) is 3.34. The van der Waals surface area contributed by atoms with Crippen LogP contribution in [0.2, 0.25) is 0 Å². The fourth-order valence-electron chi connectivity index (χ4n) is 4.94. The van der Waals surface area contributed by atoms with Crippen LogP contribution in [0.15, 0.2) is 54.0 Å². The van der Waals surface area contributed by atoms with E-state index in [2.05, 4.69) is 15.4 Å². The van der Waals surface area contributed by atoms with Crippen LogP contribution in [0, 0.1) is 0 Å². The number of carbonyl (C=O) groups is 2. The molecule has 2 heterocycles. The maximum absolute atomic E-state index is 13.6. The number of methoxy groups -OCH3 is 3. The van der Waals surface area contributed by atoms with E-state index in [1.165, 1.54) is 12.4 Å². The smallest absolute Gasteiger partial charge is 0.336 e. The third-order valence-electron chi connectivity index (χ3n) is 6.51. The fourth-order valence-corrected chi connectivity index (χ4v) is 4.94. The minimum absolute atomic E-state index is 0.0937. The van der Waals surface area contributed by atoms with Crippen molar-refractivity contribution in [3.05, 3.63) is 70.7 Å². The lowest BCUT2D eigenvalue weighted by molar-refractivity contribution is -0.116. The molecule has 2 aromatic carbocycles. The Kier molecular flexibility index (Phi) is 5.64. The summed E-state index contributed by atoms with van der Waals surface area (Å²) in [6.07, 6.45) is 2.13. The van der Waals surface area contributed by atoms with Gasteiger partial charge in [-0.05, 0) is 41.7 Å². The first-order chi connectivity index (χ1) is 17.0. The highest BCUT2D eigenvalue weighted by Crippen LogP contribution is 2.47. The number of nitrogens with zero attached hydrogens (tertiary/aromatic N) is 3. The third kappa shape index (κ3) is 3.67. The first kappa shape index (κ1) is 22.5. The first-order valence-corrected chi connectivity index (χ1v) is 11.0. The lowest BCUT2D eigenvalue weighted by atomic mass is 9.77. The number of benzene rings is 2. The summed E-state index contributed by atoms with van der Waals surface area (Å²) in [6, 6.07) is 9.68. The number of fused-ring (bicyclic) bond motifs is 1. The number of ketones is 1. The van der Waals surface area contributed by atoms with Crippen LogP contribution in [0.25, 0.3) is 0 Å². The summed E-state index contributed by atoms with van der Waals surface area (Å²) < 4.78 is 18.0. The Morgan fingerprint density at radius 3 is 2.46 bits per heavy atom. The van der Waals surface area contributed by atoms with E-state index in [0.29, 0.717) is 46.5 Å². The molecule has 0 saturated heterocycles. The van der Waals surface area contributed by atoms with E-state index in [-0.39, 0.29) is 23.7 Å². The van der Waals surface area contributed by atoms with Gasteiger partial charge in [-0.3, -0.25) is 4.79 Å². The van der Waals surface area contributed by atoms with Crippen LogP contribution in [-0.2, 0) is 4.79 Å². The second-order valence-electron chi connectivity index (χ2n) is 8.33. The molecule has 0 radical (unpaired) electrons. The molecule has 0 amide bonds. The van der Waals surface area contributed by atoms with Gasteiger partial charge in [0.25, 0.3) is 0 Å². The van der Waals surface area contributed by atoms with E-state index in [0.717, 1.165) is 5.56 Å². The SMILES string of the molecule is COc1cc(C2CC(=O)C3=C(C2)Nc2ncnn2C3c2ccccc2C(=O)O)cc(OC)c1OC. The fraction of sp³-hybridized carbons (Fsp3) is 0.280. The second-order valence-corrected chi connectivity index (χ2v) is 8.33. The Labute approximate surface area is 201 Å². The Morgan fingerprint density at radius 1 is 1.09 bits per heavy atom. The van der Waals surface area contributed by atoms with Crippen molar-refractivity contribution >= 4 is 17.7 Å². The molecule has 1 aromatic heterocycles. The largest absolute Gasteiger partial charge is 0.493 e. The zero-order valence-electron chi connectivity index (χ0n) is 19.4. The van der Waals surface area contributed by atoms with Crippen molar-refractivity contribution in [2.45, 2.75) is 24.8 Å². The molecule has 10 heteroatoms. The molecule has 2 N–H and O–H groups in total. The molecule has 0 spiro atoms. The monoisotopic (exact) mass is 476 g/mol. The number of anilines is 1. The zero-order valence-corrected chi connectivity index (χ0v) is 19.4. The summed E-state index contributed by atoms with van der Waals surface area (Å²) in [6.45, 7) is 0. The lowest BCUT2D eigenvalue weighted by Crippen LogP contribution is -2.34. The first-order valence-electron chi connectivity index (χ1n) is 11.0. The van der Waals surface area contributed by atoms with Crippen molar-refractivity contribution in [1.82, 2.24) is 14.8 Å². The minimum Gasteiger partial charge on any atom is -0.493 e. The van der Waals surface area contributed by atoms with Gasteiger partial charge < -0.3 is 24.6 Å². The predicted molar refractivity (Wildman–Crippen MR) is 125 cm³/mol. The number of Topliss-reactive ketones (excluding diaryl/α,β-unsaturated/α-hetero) is 1. The van der Waals surface area contributed by atoms with E-state index in [1.807, 2.05) is 12.1 Å². The summed E-state index contributed by atoms with van der Waals surface area (Å²) in [5.41, 5.74) is 2.68. The van der Waals surface area contributed by atoms with E-state index < -0.39 is 12.0 Å². The van der Waals surface area contributed by atoms with Gasteiger partial charge in [-0.25, -0.2) is 9.48 Å². The van der Waals surface area contributed by atoms with Crippen molar-refractivity contribution < 1.29 is 28.9 Å². The van der Waals surface area contributed by atoms with Gasteiger partial charge in [-0.2, -0.15) is 10.1 Å². The molecule has 0 bridgehead atoms. The van der Waals surface area contributed by atoms with Crippen LogP contribution >= 0.6 is 0 Å². The topological polar surface area (TPSA) is 125 Å². The van der Waals surface area contributed by atoms with Crippen LogP contribution in [0.5, 0.6) is 17.2 Å². The molecule has 2 aliphatic rings. The van der Waals surface area contributed by atoms with Crippen molar-refractivity contribution in [2.24, 2.45) is 0 Å². The quantitative estimate of drug-likeness (QED) is 0.550. The molecule has 35 heavy (non-hydrogen) atoms.